The first kappa shape index (κ1) is 19.5. The quantitative estimate of drug-likeness (QED) is 0.830. The molecule has 26 heavy (non-hydrogen) atoms. The van der Waals surface area contributed by atoms with Crippen LogP contribution in [0.4, 0.5) is 4.79 Å². The molecule has 0 aromatic heterocycles. The summed E-state index contributed by atoms with van der Waals surface area (Å²) in [7, 11) is 1.61. The maximum Gasteiger partial charge on any atom is 0.317 e. The molecule has 2 aromatic rings. The van der Waals surface area contributed by atoms with E-state index in [0.717, 1.165) is 22.3 Å². The summed E-state index contributed by atoms with van der Waals surface area (Å²) in [6, 6.07) is 15.3. The van der Waals surface area contributed by atoms with Crippen molar-refractivity contribution in [2.45, 2.75) is 26.8 Å². The van der Waals surface area contributed by atoms with Crippen LogP contribution in [-0.2, 0) is 4.79 Å². The lowest BCUT2D eigenvalue weighted by Crippen LogP contribution is -2.42. The maximum atomic E-state index is 12.7. The van der Waals surface area contributed by atoms with E-state index in [0.29, 0.717) is 0 Å². The van der Waals surface area contributed by atoms with Gasteiger partial charge in [-0.1, -0.05) is 55.5 Å². The Balaban J connectivity index is 2.31. The monoisotopic (exact) mass is 354 g/mol. The molecule has 0 aliphatic heterocycles. The molecule has 0 radical (unpaired) electrons. The van der Waals surface area contributed by atoms with Crippen molar-refractivity contribution < 1.29 is 14.7 Å². The fourth-order valence-electron chi connectivity index (χ4n) is 2.95. The summed E-state index contributed by atoms with van der Waals surface area (Å²) in [6.45, 7) is 5.77. The molecule has 2 rings (SSSR count). The van der Waals surface area contributed by atoms with Crippen LogP contribution in [0.1, 0.15) is 35.2 Å². The highest BCUT2D eigenvalue weighted by Gasteiger charge is 2.23. The standard InChI is InChI=1S/C21H26N2O3/c1-14-9-5-7-11-17(14)19(18-12-8-6-10-15(18)2)22-21(26)23(4)13-16(3)20(24)25/h5-12,16,19H,13H2,1-4H3,(H,22,26)(H,24,25). The third kappa shape index (κ3) is 4.63. The molecule has 0 saturated carbocycles. The number of hydrogen-bond acceptors (Lipinski definition) is 2. The van der Waals surface area contributed by atoms with Gasteiger partial charge in [0, 0.05) is 13.6 Å². The van der Waals surface area contributed by atoms with Gasteiger partial charge in [0.15, 0.2) is 0 Å². The summed E-state index contributed by atoms with van der Waals surface area (Å²) < 4.78 is 0. The molecule has 5 heteroatoms. The first-order chi connectivity index (χ1) is 12.3. The van der Waals surface area contributed by atoms with E-state index in [1.165, 1.54) is 4.90 Å². The molecule has 0 fully saturated rings. The van der Waals surface area contributed by atoms with Gasteiger partial charge < -0.3 is 15.3 Å². The molecule has 0 bridgehead atoms. The van der Waals surface area contributed by atoms with Gasteiger partial charge in [-0.2, -0.15) is 0 Å². The van der Waals surface area contributed by atoms with E-state index in [9.17, 15) is 9.59 Å². The fourth-order valence-corrected chi connectivity index (χ4v) is 2.95. The molecule has 1 atom stereocenters. The Morgan fingerprint density at radius 3 is 1.88 bits per heavy atom. The van der Waals surface area contributed by atoms with Crippen molar-refractivity contribution in [1.29, 1.82) is 0 Å². The molecule has 0 aliphatic carbocycles. The second-order valence-electron chi connectivity index (χ2n) is 6.72. The van der Waals surface area contributed by atoms with Gasteiger partial charge in [0.2, 0.25) is 0 Å². The van der Waals surface area contributed by atoms with Crippen molar-refractivity contribution in [2.24, 2.45) is 5.92 Å². The van der Waals surface area contributed by atoms with Gasteiger partial charge in [-0.15, -0.1) is 0 Å². The number of nitrogens with one attached hydrogen (secondary N) is 1. The Hall–Kier alpha value is -2.82. The van der Waals surface area contributed by atoms with Crippen molar-refractivity contribution in [3.05, 3.63) is 70.8 Å². The van der Waals surface area contributed by atoms with Crippen molar-refractivity contribution >= 4 is 12.0 Å². The largest absolute Gasteiger partial charge is 0.481 e. The van der Waals surface area contributed by atoms with Crippen LogP contribution in [0.2, 0.25) is 0 Å². The van der Waals surface area contributed by atoms with Gasteiger partial charge in [-0.3, -0.25) is 4.79 Å². The topological polar surface area (TPSA) is 69.6 Å². The molecule has 5 nitrogen and oxygen atoms in total. The lowest BCUT2D eigenvalue weighted by molar-refractivity contribution is -0.141. The Morgan fingerprint density at radius 1 is 1.00 bits per heavy atom. The molecule has 138 valence electrons. The zero-order chi connectivity index (χ0) is 19.3. The molecule has 2 N–H and O–H groups in total. The van der Waals surface area contributed by atoms with E-state index in [4.69, 9.17) is 5.11 Å². The minimum absolute atomic E-state index is 0.148. The van der Waals surface area contributed by atoms with Crippen molar-refractivity contribution in [1.82, 2.24) is 10.2 Å². The predicted molar refractivity (Wildman–Crippen MR) is 102 cm³/mol. The minimum Gasteiger partial charge on any atom is -0.481 e. The number of carbonyl (C=O) groups is 2. The van der Waals surface area contributed by atoms with Gasteiger partial charge in [0.25, 0.3) is 0 Å². The van der Waals surface area contributed by atoms with Crippen LogP contribution in [0.15, 0.2) is 48.5 Å². The van der Waals surface area contributed by atoms with E-state index >= 15 is 0 Å². The highest BCUT2D eigenvalue weighted by Crippen LogP contribution is 2.27. The van der Waals surface area contributed by atoms with Crippen LogP contribution in [-0.4, -0.2) is 35.6 Å². The number of carboxylic acids is 1. The Bertz CT molecular complexity index is 743. The lowest BCUT2D eigenvalue weighted by atomic mass is 9.92. The Kier molecular flexibility index (Phi) is 6.39. The summed E-state index contributed by atoms with van der Waals surface area (Å²) in [6.07, 6.45) is 0. The maximum absolute atomic E-state index is 12.7. The third-order valence-electron chi connectivity index (χ3n) is 4.58. The number of amides is 2. The van der Waals surface area contributed by atoms with Gasteiger partial charge in [-0.05, 0) is 36.1 Å². The predicted octanol–water partition coefficient (Wildman–Crippen LogP) is 3.75. The fraction of sp³-hybridized carbons (Fsp3) is 0.333. The average Bonchev–Trinajstić information content (AvgIpc) is 2.60. The SMILES string of the molecule is Cc1ccccc1C(NC(=O)N(C)CC(C)C(=O)O)c1ccccc1C. The summed E-state index contributed by atoms with van der Waals surface area (Å²) in [5.41, 5.74) is 4.22. The second kappa shape index (κ2) is 8.52. The zero-order valence-electron chi connectivity index (χ0n) is 15.7. The van der Waals surface area contributed by atoms with Gasteiger partial charge in [0.1, 0.15) is 0 Å². The van der Waals surface area contributed by atoms with Gasteiger partial charge in [-0.25, -0.2) is 4.79 Å². The first-order valence-electron chi connectivity index (χ1n) is 8.66. The van der Waals surface area contributed by atoms with Crippen molar-refractivity contribution in [3.8, 4) is 0 Å². The van der Waals surface area contributed by atoms with Crippen LogP contribution in [0.3, 0.4) is 0 Å². The average molecular weight is 354 g/mol. The lowest BCUT2D eigenvalue weighted by Gasteiger charge is -2.27. The highest BCUT2D eigenvalue weighted by molar-refractivity contribution is 5.76. The van der Waals surface area contributed by atoms with Crippen molar-refractivity contribution in [2.75, 3.05) is 13.6 Å². The van der Waals surface area contributed by atoms with Gasteiger partial charge >= 0.3 is 12.0 Å². The van der Waals surface area contributed by atoms with E-state index in [1.807, 2.05) is 62.4 Å². The molecular weight excluding hydrogens is 328 g/mol. The van der Waals surface area contributed by atoms with E-state index in [1.54, 1.807) is 14.0 Å². The number of aryl methyl sites for hydroxylation is 2. The van der Waals surface area contributed by atoms with Crippen LogP contribution in [0.25, 0.3) is 0 Å². The molecule has 0 aliphatic rings. The Labute approximate surface area is 154 Å². The number of carboxylic acid groups (broad SMARTS) is 1. The number of aliphatic carboxylic acids is 1. The minimum atomic E-state index is -0.918. The smallest absolute Gasteiger partial charge is 0.317 e. The molecular formula is C21H26N2O3. The molecule has 0 heterocycles. The first-order valence-corrected chi connectivity index (χ1v) is 8.66. The summed E-state index contributed by atoms with van der Waals surface area (Å²) in [5, 5.41) is 12.1. The van der Waals surface area contributed by atoms with Crippen LogP contribution in [0.5, 0.6) is 0 Å². The van der Waals surface area contributed by atoms with E-state index in [-0.39, 0.29) is 18.6 Å². The van der Waals surface area contributed by atoms with Crippen molar-refractivity contribution in [3.63, 3.8) is 0 Å². The molecule has 2 amide bonds. The molecule has 0 spiro atoms. The Morgan fingerprint density at radius 2 is 1.46 bits per heavy atom. The van der Waals surface area contributed by atoms with Crippen LogP contribution < -0.4 is 5.32 Å². The molecule has 1 unspecified atom stereocenters. The third-order valence-corrected chi connectivity index (χ3v) is 4.58. The number of nitrogens with zero attached hydrogens (tertiary/aromatic N) is 1. The summed E-state index contributed by atoms with van der Waals surface area (Å²) in [4.78, 5) is 25.2. The highest BCUT2D eigenvalue weighted by atomic mass is 16.4. The zero-order valence-corrected chi connectivity index (χ0v) is 15.7. The van der Waals surface area contributed by atoms with Gasteiger partial charge in [0.05, 0.1) is 12.0 Å². The molecule has 2 aromatic carbocycles. The summed E-state index contributed by atoms with van der Waals surface area (Å²) >= 11 is 0. The number of carbonyl (C=O) groups excluding carboxylic acids is 1. The number of benzene rings is 2. The normalized spacial score (nSPS) is 11.9. The van der Waals surface area contributed by atoms with Crippen LogP contribution in [0, 0.1) is 19.8 Å². The number of hydrogen-bond donors (Lipinski definition) is 2. The summed E-state index contributed by atoms with van der Waals surface area (Å²) in [5.74, 6) is -1.54. The second-order valence-corrected chi connectivity index (χ2v) is 6.72. The van der Waals surface area contributed by atoms with E-state index < -0.39 is 11.9 Å². The van der Waals surface area contributed by atoms with Crippen LogP contribution >= 0.6 is 0 Å². The number of rotatable bonds is 6. The number of urea groups is 1. The van der Waals surface area contributed by atoms with E-state index in [2.05, 4.69) is 5.32 Å². The molecule has 0 saturated heterocycles.